The molecule has 3 rings (SSSR count). The monoisotopic (exact) mass is 174 g/mol. The molecular weight excluding hydrogens is 164 g/mol. The molecule has 0 saturated carbocycles. The van der Waals surface area contributed by atoms with Crippen LogP contribution in [0.15, 0.2) is 36.4 Å². The fourth-order valence-corrected chi connectivity index (χ4v) is 2.01. The molecule has 13 heavy (non-hydrogen) atoms. The van der Waals surface area contributed by atoms with Gasteiger partial charge in [0, 0.05) is 5.56 Å². The molecule has 2 atom stereocenters. The van der Waals surface area contributed by atoms with Crippen LogP contribution >= 0.6 is 0 Å². The zero-order valence-corrected chi connectivity index (χ0v) is 7.19. The number of hydrogen-bond acceptors (Lipinski definition) is 2. The zero-order valence-electron chi connectivity index (χ0n) is 7.19. The van der Waals surface area contributed by atoms with Crippen LogP contribution in [0.2, 0.25) is 0 Å². The molecule has 2 heteroatoms. The second-order valence-electron chi connectivity index (χ2n) is 3.47. The predicted molar refractivity (Wildman–Crippen MR) is 48.7 cm³/mol. The fourth-order valence-electron chi connectivity index (χ4n) is 2.01. The van der Waals surface area contributed by atoms with Gasteiger partial charge in [0.2, 0.25) is 6.29 Å². The fraction of sp³-hybridized carbons (Fsp3) is 0.273. The lowest BCUT2D eigenvalue weighted by Crippen LogP contribution is -2.13. The third-order valence-corrected chi connectivity index (χ3v) is 2.64. The number of hydrogen-bond donors (Lipinski definition) is 0. The van der Waals surface area contributed by atoms with Crippen LogP contribution in [0.4, 0.5) is 0 Å². The Morgan fingerprint density at radius 3 is 3.08 bits per heavy atom. The minimum atomic E-state index is -0.120. The molecule has 66 valence electrons. The van der Waals surface area contributed by atoms with E-state index in [2.05, 4.69) is 12.6 Å². The molecule has 0 spiro atoms. The lowest BCUT2D eigenvalue weighted by Gasteiger charge is -2.06. The Hall–Kier alpha value is -1.28. The van der Waals surface area contributed by atoms with E-state index in [0.717, 1.165) is 11.3 Å². The average molecular weight is 174 g/mol. The summed E-state index contributed by atoms with van der Waals surface area (Å²) in [6.45, 7) is 4.62. The normalized spacial score (nSPS) is 29.7. The molecule has 1 aromatic carbocycles. The first kappa shape index (κ1) is 7.15. The number of ether oxygens (including phenoxy) is 2. The van der Waals surface area contributed by atoms with Gasteiger partial charge in [-0.2, -0.15) is 0 Å². The van der Waals surface area contributed by atoms with Crippen molar-refractivity contribution in [2.75, 3.05) is 6.61 Å². The summed E-state index contributed by atoms with van der Waals surface area (Å²) in [5, 5.41) is 0. The molecule has 2 aliphatic heterocycles. The van der Waals surface area contributed by atoms with Gasteiger partial charge in [-0.25, -0.2) is 0 Å². The van der Waals surface area contributed by atoms with Crippen molar-refractivity contribution < 1.29 is 9.47 Å². The first-order chi connectivity index (χ1) is 6.36. The van der Waals surface area contributed by atoms with Crippen LogP contribution < -0.4 is 4.74 Å². The highest BCUT2D eigenvalue weighted by Gasteiger charge is 2.41. The second-order valence-corrected chi connectivity index (χ2v) is 3.47. The van der Waals surface area contributed by atoms with Crippen LogP contribution in [-0.2, 0) is 4.74 Å². The average Bonchev–Trinajstić information content (AvgIpc) is 2.66. The van der Waals surface area contributed by atoms with Gasteiger partial charge in [-0.3, -0.25) is 0 Å². The number of rotatable bonds is 0. The van der Waals surface area contributed by atoms with E-state index in [9.17, 15) is 0 Å². The van der Waals surface area contributed by atoms with Gasteiger partial charge in [0.15, 0.2) is 0 Å². The van der Waals surface area contributed by atoms with Crippen molar-refractivity contribution in [1.82, 2.24) is 0 Å². The molecule has 1 aromatic rings. The molecule has 0 radical (unpaired) electrons. The summed E-state index contributed by atoms with van der Waals surface area (Å²) in [6, 6.07) is 8.06. The van der Waals surface area contributed by atoms with Crippen molar-refractivity contribution in [3.05, 3.63) is 42.0 Å². The molecule has 0 amide bonds. The van der Waals surface area contributed by atoms with Gasteiger partial charge < -0.3 is 9.47 Å². The summed E-state index contributed by atoms with van der Waals surface area (Å²) in [7, 11) is 0. The first-order valence-corrected chi connectivity index (χ1v) is 4.41. The molecule has 1 saturated heterocycles. The van der Waals surface area contributed by atoms with Crippen LogP contribution in [0.3, 0.4) is 0 Å². The summed E-state index contributed by atoms with van der Waals surface area (Å²) >= 11 is 0. The third kappa shape index (κ3) is 0.864. The number of benzene rings is 1. The van der Waals surface area contributed by atoms with Crippen molar-refractivity contribution >= 4 is 0 Å². The van der Waals surface area contributed by atoms with E-state index >= 15 is 0 Å². The zero-order chi connectivity index (χ0) is 8.84. The first-order valence-electron chi connectivity index (χ1n) is 4.41. The van der Waals surface area contributed by atoms with E-state index in [1.807, 2.05) is 18.2 Å². The van der Waals surface area contributed by atoms with Gasteiger partial charge in [0.05, 0.1) is 12.5 Å². The van der Waals surface area contributed by atoms with Gasteiger partial charge in [-0.05, 0) is 11.6 Å². The second kappa shape index (κ2) is 2.36. The standard InChI is InChI=1S/C11H10O2/c1-7-6-12-11-10(7)8-4-2-3-5-9(8)13-11/h2-5,10-11H,1,6H2. The van der Waals surface area contributed by atoms with Crippen molar-refractivity contribution in [1.29, 1.82) is 0 Å². The van der Waals surface area contributed by atoms with Gasteiger partial charge in [-0.15, -0.1) is 0 Å². The molecule has 2 heterocycles. The summed E-state index contributed by atoms with van der Waals surface area (Å²) in [5.74, 6) is 1.20. The highest BCUT2D eigenvalue weighted by molar-refractivity contribution is 5.45. The highest BCUT2D eigenvalue weighted by atomic mass is 16.7. The highest BCUT2D eigenvalue weighted by Crippen LogP contribution is 2.45. The third-order valence-electron chi connectivity index (χ3n) is 2.64. The van der Waals surface area contributed by atoms with Crippen LogP contribution in [0.25, 0.3) is 0 Å². The Morgan fingerprint density at radius 1 is 1.31 bits per heavy atom. The summed E-state index contributed by atoms with van der Waals surface area (Å²) < 4.78 is 11.1. The molecule has 0 aromatic heterocycles. The maximum Gasteiger partial charge on any atom is 0.211 e. The maximum absolute atomic E-state index is 5.62. The van der Waals surface area contributed by atoms with Gasteiger partial charge in [0.25, 0.3) is 0 Å². The van der Waals surface area contributed by atoms with E-state index in [4.69, 9.17) is 9.47 Å². The minimum Gasteiger partial charge on any atom is -0.464 e. The topological polar surface area (TPSA) is 18.5 Å². The van der Waals surface area contributed by atoms with Crippen LogP contribution in [-0.4, -0.2) is 12.9 Å². The van der Waals surface area contributed by atoms with Crippen LogP contribution in [0.1, 0.15) is 11.5 Å². The Bertz CT molecular complexity index is 370. The summed E-state index contributed by atoms with van der Waals surface area (Å²) in [4.78, 5) is 0. The Morgan fingerprint density at radius 2 is 2.15 bits per heavy atom. The van der Waals surface area contributed by atoms with Gasteiger partial charge >= 0.3 is 0 Å². The van der Waals surface area contributed by atoms with Crippen LogP contribution in [0, 0.1) is 0 Å². The summed E-state index contributed by atoms with van der Waals surface area (Å²) in [6.07, 6.45) is -0.120. The summed E-state index contributed by atoms with van der Waals surface area (Å²) in [5.41, 5.74) is 2.34. The predicted octanol–water partition coefficient (Wildman–Crippen LogP) is 2.08. The molecule has 0 aliphatic carbocycles. The SMILES string of the molecule is C=C1COC2Oc3ccccc3C12. The Balaban J connectivity index is 2.13. The lowest BCUT2D eigenvalue weighted by atomic mass is 9.95. The van der Waals surface area contributed by atoms with E-state index in [0.29, 0.717) is 6.61 Å². The van der Waals surface area contributed by atoms with Gasteiger partial charge in [0.1, 0.15) is 5.75 Å². The van der Waals surface area contributed by atoms with E-state index < -0.39 is 0 Å². The molecule has 2 unspecified atom stereocenters. The molecule has 0 bridgehead atoms. The number of para-hydroxylation sites is 1. The molecule has 1 fully saturated rings. The largest absolute Gasteiger partial charge is 0.464 e. The molecule has 0 N–H and O–H groups in total. The van der Waals surface area contributed by atoms with Crippen molar-refractivity contribution in [2.24, 2.45) is 0 Å². The maximum atomic E-state index is 5.62. The quantitative estimate of drug-likeness (QED) is 0.560. The minimum absolute atomic E-state index is 0.120. The smallest absolute Gasteiger partial charge is 0.211 e. The number of fused-ring (bicyclic) bond motifs is 3. The Labute approximate surface area is 76.8 Å². The molecular formula is C11H10O2. The van der Waals surface area contributed by atoms with E-state index in [1.165, 1.54) is 5.56 Å². The van der Waals surface area contributed by atoms with Crippen molar-refractivity contribution in [2.45, 2.75) is 12.2 Å². The van der Waals surface area contributed by atoms with E-state index in [-0.39, 0.29) is 12.2 Å². The Kier molecular flexibility index (Phi) is 1.30. The van der Waals surface area contributed by atoms with E-state index in [1.54, 1.807) is 0 Å². The van der Waals surface area contributed by atoms with Crippen molar-refractivity contribution in [3.8, 4) is 5.75 Å². The molecule has 2 aliphatic rings. The van der Waals surface area contributed by atoms with Gasteiger partial charge in [-0.1, -0.05) is 24.8 Å². The molecule has 2 nitrogen and oxygen atoms in total. The lowest BCUT2D eigenvalue weighted by molar-refractivity contribution is -0.0334. The van der Waals surface area contributed by atoms with Crippen LogP contribution in [0.5, 0.6) is 5.75 Å². The van der Waals surface area contributed by atoms with Crippen molar-refractivity contribution in [3.63, 3.8) is 0 Å².